The smallest absolute Gasteiger partial charge is 0.307 e. The lowest BCUT2D eigenvalue weighted by Crippen LogP contribution is -2.28. The number of anilines is 1. The molecule has 1 saturated carbocycles. The number of carbonyl (C=O) groups is 2. The lowest BCUT2D eigenvalue weighted by atomic mass is 10.1. The van der Waals surface area contributed by atoms with E-state index in [9.17, 15) is 9.59 Å². The van der Waals surface area contributed by atoms with Crippen LogP contribution < -0.4 is 11.1 Å². The largest absolute Gasteiger partial charge is 0.481 e. The van der Waals surface area contributed by atoms with Gasteiger partial charge in [-0.15, -0.1) is 0 Å². The Morgan fingerprint density at radius 3 is 2.79 bits per heavy atom. The highest BCUT2D eigenvalue weighted by Gasteiger charge is 2.29. The summed E-state index contributed by atoms with van der Waals surface area (Å²) >= 11 is 0. The van der Waals surface area contributed by atoms with Gasteiger partial charge in [0, 0.05) is 18.2 Å². The number of amides is 1. The minimum absolute atomic E-state index is 0.0503. The number of rotatable bonds is 6. The molecule has 0 aromatic heterocycles. The maximum atomic E-state index is 11.8. The van der Waals surface area contributed by atoms with Crippen LogP contribution in [0.3, 0.4) is 0 Å². The standard InChI is InChI=1S/C14H18N2O3/c15-12(10-4-5-10)8-13(17)16-11-3-1-2-9(6-11)7-14(18)19/h1-3,6,10,12H,4-5,7-8,15H2,(H,16,17)(H,18,19). The molecular weight excluding hydrogens is 244 g/mol. The highest BCUT2D eigenvalue weighted by Crippen LogP contribution is 2.32. The Morgan fingerprint density at radius 1 is 1.42 bits per heavy atom. The van der Waals surface area contributed by atoms with Crippen LogP contribution in [0.5, 0.6) is 0 Å². The summed E-state index contributed by atoms with van der Waals surface area (Å²) in [6.45, 7) is 0. The number of carboxylic acids is 1. The molecule has 4 N–H and O–H groups in total. The Hall–Kier alpha value is -1.88. The van der Waals surface area contributed by atoms with Crippen LogP contribution in [0.1, 0.15) is 24.8 Å². The number of carboxylic acid groups (broad SMARTS) is 1. The highest BCUT2D eigenvalue weighted by atomic mass is 16.4. The number of benzene rings is 1. The summed E-state index contributed by atoms with van der Waals surface area (Å²) < 4.78 is 0. The van der Waals surface area contributed by atoms with Gasteiger partial charge >= 0.3 is 5.97 Å². The van der Waals surface area contributed by atoms with Gasteiger partial charge in [-0.1, -0.05) is 12.1 Å². The monoisotopic (exact) mass is 262 g/mol. The van der Waals surface area contributed by atoms with Gasteiger partial charge < -0.3 is 16.2 Å². The van der Waals surface area contributed by atoms with Crippen LogP contribution in [0.4, 0.5) is 5.69 Å². The molecule has 2 rings (SSSR count). The molecule has 1 fully saturated rings. The first kappa shape index (κ1) is 13.5. The van der Waals surface area contributed by atoms with Crippen molar-refractivity contribution in [2.75, 3.05) is 5.32 Å². The van der Waals surface area contributed by atoms with E-state index in [0.717, 1.165) is 12.8 Å². The molecule has 0 spiro atoms. The van der Waals surface area contributed by atoms with E-state index in [2.05, 4.69) is 5.32 Å². The van der Waals surface area contributed by atoms with E-state index in [0.29, 0.717) is 23.6 Å². The van der Waals surface area contributed by atoms with Gasteiger partial charge in [-0.25, -0.2) is 0 Å². The number of hydrogen-bond donors (Lipinski definition) is 3. The lowest BCUT2D eigenvalue weighted by molar-refractivity contribution is -0.136. The zero-order chi connectivity index (χ0) is 13.8. The molecule has 5 heteroatoms. The molecule has 0 radical (unpaired) electrons. The Morgan fingerprint density at radius 2 is 2.16 bits per heavy atom. The van der Waals surface area contributed by atoms with E-state index in [1.165, 1.54) is 0 Å². The Bertz CT molecular complexity index is 483. The molecule has 1 aromatic carbocycles. The molecule has 1 aliphatic carbocycles. The summed E-state index contributed by atoms with van der Waals surface area (Å²) in [4.78, 5) is 22.4. The van der Waals surface area contributed by atoms with E-state index < -0.39 is 5.97 Å². The third-order valence-corrected chi connectivity index (χ3v) is 3.21. The summed E-state index contributed by atoms with van der Waals surface area (Å²) in [7, 11) is 0. The van der Waals surface area contributed by atoms with Gasteiger partial charge in [0.2, 0.25) is 5.91 Å². The molecule has 5 nitrogen and oxygen atoms in total. The van der Waals surface area contributed by atoms with Crippen molar-refractivity contribution in [1.29, 1.82) is 0 Å². The quantitative estimate of drug-likeness (QED) is 0.722. The van der Waals surface area contributed by atoms with Crippen LogP contribution in [0.25, 0.3) is 0 Å². The van der Waals surface area contributed by atoms with Crippen molar-refractivity contribution in [3.05, 3.63) is 29.8 Å². The fourth-order valence-electron chi connectivity index (χ4n) is 2.05. The Balaban J connectivity index is 1.90. The van der Waals surface area contributed by atoms with Crippen molar-refractivity contribution in [2.45, 2.75) is 31.7 Å². The van der Waals surface area contributed by atoms with E-state index in [-0.39, 0.29) is 18.4 Å². The van der Waals surface area contributed by atoms with Gasteiger partial charge in [0.25, 0.3) is 0 Å². The number of hydrogen-bond acceptors (Lipinski definition) is 3. The summed E-state index contributed by atoms with van der Waals surface area (Å²) in [6.07, 6.45) is 2.49. The normalized spacial score (nSPS) is 15.8. The van der Waals surface area contributed by atoms with E-state index in [1.807, 2.05) is 0 Å². The van der Waals surface area contributed by atoms with E-state index in [1.54, 1.807) is 24.3 Å². The third kappa shape index (κ3) is 4.37. The van der Waals surface area contributed by atoms with Crippen LogP contribution >= 0.6 is 0 Å². The zero-order valence-electron chi connectivity index (χ0n) is 10.6. The minimum Gasteiger partial charge on any atom is -0.481 e. The van der Waals surface area contributed by atoms with Gasteiger partial charge in [-0.05, 0) is 36.5 Å². The molecule has 1 amide bonds. The summed E-state index contributed by atoms with van der Waals surface area (Å²) in [5, 5.41) is 11.5. The maximum absolute atomic E-state index is 11.8. The molecular formula is C14H18N2O3. The summed E-state index contributed by atoms with van der Waals surface area (Å²) in [6, 6.07) is 6.80. The summed E-state index contributed by atoms with van der Waals surface area (Å²) in [5.74, 6) is -0.518. The van der Waals surface area contributed by atoms with Gasteiger partial charge in [0.05, 0.1) is 6.42 Å². The first-order chi connectivity index (χ1) is 9.04. The van der Waals surface area contributed by atoms with Crippen LogP contribution in [0.15, 0.2) is 24.3 Å². The molecule has 1 aliphatic rings. The fourth-order valence-corrected chi connectivity index (χ4v) is 2.05. The second-order valence-corrected chi connectivity index (χ2v) is 5.02. The molecule has 19 heavy (non-hydrogen) atoms. The fraction of sp³-hybridized carbons (Fsp3) is 0.429. The molecule has 0 bridgehead atoms. The maximum Gasteiger partial charge on any atom is 0.307 e. The van der Waals surface area contributed by atoms with Crippen LogP contribution in [0.2, 0.25) is 0 Å². The number of carbonyl (C=O) groups excluding carboxylic acids is 1. The number of nitrogens with one attached hydrogen (secondary N) is 1. The Kier molecular flexibility index (Phi) is 4.16. The van der Waals surface area contributed by atoms with Crippen molar-refractivity contribution < 1.29 is 14.7 Å². The molecule has 1 unspecified atom stereocenters. The number of nitrogens with two attached hydrogens (primary N) is 1. The second kappa shape index (κ2) is 5.84. The predicted octanol–water partition coefficient (Wildman–Crippen LogP) is 1.38. The third-order valence-electron chi connectivity index (χ3n) is 3.21. The van der Waals surface area contributed by atoms with Crippen molar-refractivity contribution >= 4 is 17.6 Å². The first-order valence-corrected chi connectivity index (χ1v) is 6.41. The Labute approximate surface area is 111 Å². The average molecular weight is 262 g/mol. The van der Waals surface area contributed by atoms with Crippen molar-refractivity contribution in [3.63, 3.8) is 0 Å². The lowest BCUT2D eigenvalue weighted by Gasteiger charge is -2.11. The van der Waals surface area contributed by atoms with E-state index >= 15 is 0 Å². The molecule has 0 heterocycles. The van der Waals surface area contributed by atoms with Gasteiger partial charge in [0.1, 0.15) is 0 Å². The van der Waals surface area contributed by atoms with Gasteiger partial charge in [-0.2, -0.15) is 0 Å². The topological polar surface area (TPSA) is 92.4 Å². The molecule has 102 valence electrons. The van der Waals surface area contributed by atoms with Crippen LogP contribution in [-0.4, -0.2) is 23.0 Å². The second-order valence-electron chi connectivity index (χ2n) is 5.02. The van der Waals surface area contributed by atoms with Gasteiger partial charge in [-0.3, -0.25) is 9.59 Å². The van der Waals surface area contributed by atoms with E-state index in [4.69, 9.17) is 10.8 Å². The first-order valence-electron chi connectivity index (χ1n) is 6.41. The molecule has 1 atom stereocenters. The molecule has 0 aliphatic heterocycles. The average Bonchev–Trinajstić information content (AvgIpc) is 3.11. The van der Waals surface area contributed by atoms with Gasteiger partial charge in [0.15, 0.2) is 0 Å². The number of aliphatic carboxylic acids is 1. The minimum atomic E-state index is -0.890. The van der Waals surface area contributed by atoms with Crippen molar-refractivity contribution in [1.82, 2.24) is 0 Å². The highest BCUT2D eigenvalue weighted by molar-refractivity contribution is 5.91. The van der Waals surface area contributed by atoms with Crippen LogP contribution in [0, 0.1) is 5.92 Å². The predicted molar refractivity (Wildman–Crippen MR) is 71.7 cm³/mol. The summed E-state index contributed by atoms with van der Waals surface area (Å²) in [5.41, 5.74) is 7.17. The molecule has 1 aromatic rings. The zero-order valence-corrected chi connectivity index (χ0v) is 10.6. The SMILES string of the molecule is NC(CC(=O)Nc1cccc(CC(=O)O)c1)C1CC1. The van der Waals surface area contributed by atoms with Crippen molar-refractivity contribution in [2.24, 2.45) is 11.7 Å². The van der Waals surface area contributed by atoms with Crippen LogP contribution in [-0.2, 0) is 16.0 Å². The van der Waals surface area contributed by atoms with Crippen molar-refractivity contribution in [3.8, 4) is 0 Å². The molecule has 0 saturated heterocycles.